The van der Waals surface area contributed by atoms with Crippen LogP contribution in [0.4, 0.5) is 11.5 Å². The molecular weight excluding hydrogens is 358 g/mol. The van der Waals surface area contributed by atoms with Gasteiger partial charge in [-0.05, 0) is 19.1 Å². The molecule has 0 amide bonds. The highest BCUT2D eigenvalue weighted by Crippen LogP contribution is 2.30. The minimum Gasteiger partial charge on any atom is -0.382 e. The summed E-state index contributed by atoms with van der Waals surface area (Å²) >= 11 is 0. The Morgan fingerprint density at radius 1 is 0.893 bits per heavy atom. The normalized spacial score (nSPS) is 18.7. The van der Waals surface area contributed by atoms with Crippen molar-refractivity contribution >= 4 is 11.5 Å². The summed E-state index contributed by atoms with van der Waals surface area (Å²) in [6.45, 7) is 4.23. The number of rotatable bonds is 10. The van der Waals surface area contributed by atoms with Crippen LogP contribution < -0.4 is 5.32 Å². The van der Waals surface area contributed by atoms with E-state index in [0.717, 1.165) is 22.8 Å². The van der Waals surface area contributed by atoms with Crippen LogP contribution >= 0.6 is 0 Å². The maximum Gasteiger partial charge on any atom is 0.137 e. The molecule has 28 heavy (non-hydrogen) atoms. The topological polar surface area (TPSA) is 74.7 Å². The van der Waals surface area contributed by atoms with Gasteiger partial charge < -0.3 is 24.3 Å². The van der Waals surface area contributed by atoms with Gasteiger partial charge in [0.1, 0.15) is 12.1 Å². The van der Waals surface area contributed by atoms with E-state index in [2.05, 4.69) is 46.5 Å². The van der Waals surface area contributed by atoms with Gasteiger partial charge in [-0.2, -0.15) is 0 Å². The van der Waals surface area contributed by atoms with E-state index < -0.39 is 0 Å². The van der Waals surface area contributed by atoms with E-state index in [1.165, 1.54) is 5.56 Å². The standard InChI is InChI=1S/C21H29N3O4/c1-15-4-6-16(7-5-15)24-21-17-12-19(27-10-8-25-2)20(28-11-9-26-3)13-18(17)22-14-23-21/h4-7,14,19-20H,8-13H2,1-3H3,(H,22,23,24). The molecule has 7 heteroatoms. The molecule has 0 saturated heterocycles. The third-order valence-electron chi connectivity index (χ3n) is 4.80. The van der Waals surface area contributed by atoms with E-state index >= 15 is 0 Å². The maximum absolute atomic E-state index is 6.07. The third-order valence-corrected chi connectivity index (χ3v) is 4.80. The number of aromatic nitrogens is 2. The van der Waals surface area contributed by atoms with Gasteiger partial charge in [0, 0.05) is 38.3 Å². The number of aryl methyl sites for hydroxylation is 1. The van der Waals surface area contributed by atoms with E-state index in [0.29, 0.717) is 39.3 Å². The number of hydrogen-bond donors (Lipinski definition) is 1. The quantitative estimate of drug-likeness (QED) is 0.628. The van der Waals surface area contributed by atoms with Crippen molar-refractivity contribution in [3.63, 3.8) is 0 Å². The molecule has 0 bridgehead atoms. The summed E-state index contributed by atoms with van der Waals surface area (Å²) < 4.78 is 22.3. The number of benzene rings is 1. The molecule has 0 radical (unpaired) electrons. The number of hydrogen-bond acceptors (Lipinski definition) is 7. The zero-order valence-electron chi connectivity index (χ0n) is 16.8. The molecule has 2 unspecified atom stereocenters. The second kappa shape index (κ2) is 10.5. The summed E-state index contributed by atoms with van der Waals surface area (Å²) in [7, 11) is 3.34. The Hall–Kier alpha value is -2.06. The van der Waals surface area contributed by atoms with Crippen LogP contribution in [0.2, 0.25) is 0 Å². The second-order valence-corrected chi connectivity index (χ2v) is 6.85. The van der Waals surface area contributed by atoms with E-state index in [-0.39, 0.29) is 12.2 Å². The Balaban J connectivity index is 1.77. The lowest BCUT2D eigenvalue weighted by Crippen LogP contribution is -2.41. The summed E-state index contributed by atoms with van der Waals surface area (Å²) in [5.41, 5.74) is 4.30. The van der Waals surface area contributed by atoms with Crippen LogP contribution in [0.1, 0.15) is 16.8 Å². The fourth-order valence-electron chi connectivity index (χ4n) is 3.27. The van der Waals surface area contributed by atoms with Gasteiger partial charge in [0.05, 0.1) is 44.3 Å². The number of fused-ring (bicyclic) bond motifs is 1. The zero-order chi connectivity index (χ0) is 19.8. The first kappa shape index (κ1) is 20.7. The molecule has 3 rings (SSSR count). The molecule has 0 fully saturated rings. The van der Waals surface area contributed by atoms with Crippen molar-refractivity contribution < 1.29 is 18.9 Å². The van der Waals surface area contributed by atoms with E-state index in [1.807, 2.05) is 0 Å². The Bertz CT molecular complexity index is 739. The SMILES string of the molecule is COCCOC1Cc2ncnc(Nc3ccc(C)cc3)c2CC1OCCOC. The minimum absolute atomic E-state index is 0.0679. The Labute approximate surface area is 166 Å². The van der Waals surface area contributed by atoms with Gasteiger partial charge in [-0.1, -0.05) is 17.7 Å². The van der Waals surface area contributed by atoms with Crippen LogP contribution in [-0.2, 0) is 31.8 Å². The number of nitrogens with one attached hydrogen (secondary N) is 1. The van der Waals surface area contributed by atoms with Crippen molar-refractivity contribution in [1.82, 2.24) is 9.97 Å². The molecule has 0 saturated carbocycles. The highest BCUT2D eigenvalue weighted by atomic mass is 16.6. The van der Waals surface area contributed by atoms with Crippen LogP contribution in [0.3, 0.4) is 0 Å². The van der Waals surface area contributed by atoms with Crippen molar-refractivity contribution in [3.8, 4) is 0 Å². The molecule has 7 nitrogen and oxygen atoms in total. The average Bonchev–Trinajstić information content (AvgIpc) is 2.70. The first-order chi connectivity index (χ1) is 13.7. The van der Waals surface area contributed by atoms with Crippen molar-refractivity contribution in [2.75, 3.05) is 46.0 Å². The minimum atomic E-state index is -0.0796. The molecule has 0 spiro atoms. The van der Waals surface area contributed by atoms with Crippen LogP contribution in [0.25, 0.3) is 0 Å². The Morgan fingerprint density at radius 2 is 1.54 bits per heavy atom. The smallest absolute Gasteiger partial charge is 0.137 e. The number of ether oxygens (including phenoxy) is 4. The average molecular weight is 387 g/mol. The van der Waals surface area contributed by atoms with Crippen molar-refractivity contribution in [1.29, 1.82) is 0 Å². The molecule has 2 atom stereocenters. The highest BCUT2D eigenvalue weighted by molar-refractivity contribution is 5.60. The lowest BCUT2D eigenvalue weighted by molar-refractivity contribution is -0.0927. The molecule has 1 aromatic heterocycles. The number of anilines is 2. The molecule has 1 heterocycles. The van der Waals surface area contributed by atoms with Crippen molar-refractivity contribution in [2.45, 2.75) is 32.0 Å². The van der Waals surface area contributed by atoms with Gasteiger partial charge in [-0.3, -0.25) is 0 Å². The van der Waals surface area contributed by atoms with Crippen molar-refractivity contribution in [3.05, 3.63) is 47.4 Å². The summed E-state index contributed by atoms with van der Waals surface area (Å²) in [5.74, 6) is 0.824. The molecule has 1 N–H and O–H groups in total. The van der Waals surface area contributed by atoms with E-state index in [9.17, 15) is 0 Å². The molecule has 2 aromatic rings. The third kappa shape index (κ3) is 5.48. The molecule has 0 aliphatic heterocycles. The zero-order valence-corrected chi connectivity index (χ0v) is 16.8. The first-order valence-corrected chi connectivity index (χ1v) is 9.58. The molecule has 1 aromatic carbocycles. The summed E-state index contributed by atoms with van der Waals surface area (Å²) in [6, 6.07) is 8.25. The van der Waals surface area contributed by atoms with Crippen LogP contribution in [0.5, 0.6) is 0 Å². The number of methoxy groups -OCH3 is 2. The largest absolute Gasteiger partial charge is 0.382 e. The fourth-order valence-corrected chi connectivity index (χ4v) is 3.27. The predicted molar refractivity (Wildman–Crippen MR) is 107 cm³/mol. The molecular formula is C21H29N3O4. The lowest BCUT2D eigenvalue weighted by atomic mass is 9.91. The van der Waals surface area contributed by atoms with Gasteiger partial charge in [0.15, 0.2) is 0 Å². The number of nitrogens with zero attached hydrogens (tertiary/aromatic N) is 2. The summed E-state index contributed by atoms with van der Waals surface area (Å²) in [5, 5.41) is 3.42. The maximum atomic E-state index is 6.07. The summed E-state index contributed by atoms with van der Waals surface area (Å²) in [4.78, 5) is 8.98. The molecule has 1 aliphatic rings. The fraction of sp³-hybridized carbons (Fsp3) is 0.524. The predicted octanol–water partition coefficient (Wildman–Crippen LogP) is 2.69. The summed E-state index contributed by atoms with van der Waals surface area (Å²) in [6.07, 6.45) is 2.83. The molecule has 1 aliphatic carbocycles. The lowest BCUT2D eigenvalue weighted by Gasteiger charge is -2.33. The van der Waals surface area contributed by atoms with Gasteiger partial charge in [-0.25, -0.2) is 9.97 Å². The van der Waals surface area contributed by atoms with Crippen LogP contribution in [0.15, 0.2) is 30.6 Å². The van der Waals surface area contributed by atoms with E-state index in [1.54, 1.807) is 20.5 Å². The molecule has 152 valence electrons. The van der Waals surface area contributed by atoms with Crippen LogP contribution in [-0.4, -0.2) is 62.8 Å². The monoisotopic (exact) mass is 387 g/mol. The highest BCUT2D eigenvalue weighted by Gasteiger charge is 2.32. The van der Waals surface area contributed by atoms with Gasteiger partial charge >= 0.3 is 0 Å². The van der Waals surface area contributed by atoms with E-state index in [4.69, 9.17) is 18.9 Å². The van der Waals surface area contributed by atoms with Crippen molar-refractivity contribution in [2.24, 2.45) is 0 Å². The Kier molecular flexibility index (Phi) is 7.73. The van der Waals surface area contributed by atoms with Gasteiger partial charge in [0.25, 0.3) is 0 Å². The van der Waals surface area contributed by atoms with Gasteiger partial charge in [-0.15, -0.1) is 0 Å². The first-order valence-electron chi connectivity index (χ1n) is 9.58. The van der Waals surface area contributed by atoms with Gasteiger partial charge in [0.2, 0.25) is 0 Å². The second-order valence-electron chi connectivity index (χ2n) is 6.85. The Morgan fingerprint density at radius 3 is 2.18 bits per heavy atom. The van der Waals surface area contributed by atoms with Crippen LogP contribution in [0, 0.1) is 6.92 Å².